The second-order valence-corrected chi connectivity index (χ2v) is 5.61. The summed E-state index contributed by atoms with van der Waals surface area (Å²) in [5.74, 6) is 0.724. The second kappa shape index (κ2) is 8.90. The van der Waals surface area contributed by atoms with Crippen LogP contribution in [0.5, 0.6) is 0 Å². The minimum Gasteiger partial charge on any atom is -0.383 e. The highest BCUT2D eigenvalue weighted by molar-refractivity contribution is 4.76. The summed E-state index contributed by atoms with van der Waals surface area (Å²) < 4.78 is 5.37. The maximum Gasteiger partial charge on any atom is 0.0630 e. The van der Waals surface area contributed by atoms with Gasteiger partial charge in [0.1, 0.15) is 0 Å². The molecular weight excluding hydrogens is 212 g/mol. The average molecular weight is 242 g/mol. The van der Waals surface area contributed by atoms with E-state index in [-0.39, 0.29) is 0 Å². The maximum atomic E-state index is 5.37. The summed E-state index contributed by atoms with van der Waals surface area (Å²) in [5.41, 5.74) is 0. The number of methoxy groups -OCH3 is 1. The van der Waals surface area contributed by atoms with Crippen molar-refractivity contribution in [3.05, 3.63) is 0 Å². The Kier molecular flexibility index (Phi) is 7.82. The Morgan fingerprint density at radius 2 is 1.71 bits per heavy atom. The fourth-order valence-electron chi connectivity index (χ4n) is 2.48. The minimum atomic E-state index is 0.553. The number of hydrogen-bond acceptors (Lipinski definition) is 3. The van der Waals surface area contributed by atoms with Gasteiger partial charge < -0.3 is 10.1 Å². The first-order chi connectivity index (χ1) is 8.24. The number of nitrogens with zero attached hydrogens (tertiary/aromatic N) is 1. The van der Waals surface area contributed by atoms with Crippen LogP contribution in [-0.2, 0) is 4.74 Å². The van der Waals surface area contributed by atoms with E-state index in [1.807, 2.05) is 7.11 Å². The van der Waals surface area contributed by atoms with Crippen LogP contribution >= 0.6 is 0 Å². The third-order valence-electron chi connectivity index (χ3n) is 3.45. The molecule has 0 radical (unpaired) electrons. The summed E-state index contributed by atoms with van der Waals surface area (Å²) in [7, 11) is 1.81. The Morgan fingerprint density at radius 3 is 2.24 bits per heavy atom. The summed E-state index contributed by atoms with van der Waals surface area (Å²) in [5, 5.41) is 3.57. The number of hydrogen-bond donors (Lipinski definition) is 1. The summed E-state index contributed by atoms with van der Waals surface area (Å²) in [4.78, 5) is 2.61. The molecule has 1 saturated heterocycles. The Balaban J connectivity index is 2.33. The molecule has 3 nitrogen and oxygen atoms in total. The molecule has 0 aromatic heterocycles. The van der Waals surface area contributed by atoms with Crippen LogP contribution < -0.4 is 5.32 Å². The molecule has 1 heterocycles. The van der Waals surface area contributed by atoms with Gasteiger partial charge in [0, 0.05) is 19.7 Å². The van der Waals surface area contributed by atoms with E-state index in [9.17, 15) is 0 Å². The second-order valence-electron chi connectivity index (χ2n) is 5.61. The largest absolute Gasteiger partial charge is 0.383 e. The van der Waals surface area contributed by atoms with Crippen LogP contribution in [0, 0.1) is 5.92 Å². The molecule has 0 bridgehead atoms. The zero-order chi connectivity index (χ0) is 12.5. The van der Waals surface area contributed by atoms with E-state index in [4.69, 9.17) is 4.74 Å². The van der Waals surface area contributed by atoms with Crippen molar-refractivity contribution in [3.8, 4) is 0 Å². The van der Waals surface area contributed by atoms with Crippen molar-refractivity contribution in [2.24, 2.45) is 5.92 Å². The predicted molar refractivity (Wildman–Crippen MR) is 73.4 cm³/mol. The highest BCUT2D eigenvalue weighted by Gasteiger charge is 2.19. The normalized spacial score (nSPS) is 20.5. The van der Waals surface area contributed by atoms with Crippen molar-refractivity contribution < 1.29 is 4.74 Å². The molecule has 1 N–H and O–H groups in total. The molecule has 3 heteroatoms. The lowest BCUT2D eigenvalue weighted by Crippen LogP contribution is -2.46. The van der Waals surface area contributed by atoms with E-state index in [1.54, 1.807) is 0 Å². The Hall–Kier alpha value is -0.120. The number of ether oxygens (including phenoxy) is 1. The molecule has 1 rings (SSSR count). The van der Waals surface area contributed by atoms with Gasteiger partial charge in [-0.05, 0) is 38.4 Å². The van der Waals surface area contributed by atoms with Gasteiger partial charge in [-0.25, -0.2) is 0 Å². The van der Waals surface area contributed by atoms with E-state index in [0.717, 1.165) is 25.6 Å². The highest BCUT2D eigenvalue weighted by atomic mass is 16.5. The van der Waals surface area contributed by atoms with Gasteiger partial charge in [0.15, 0.2) is 0 Å². The van der Waals surface area contributed by atoms with Gasteiger partial charge >= 0.3 is 0 Å². The predicted octanol–water partition coefficient (Wildman–Crippen LogP) is 2.12. The topological polar surface area (TPSA) is 24.5 Å². The molecule has 0 aromatic carbocycles. The summed E-state index contributed by atoms with van der Waals surface area (Å²) in [6, 6.07) is 0.553. The first-order valence-electron chi connectivity index (χ1n) is 7.17. The molecule has 1 aliphatic heterocycles. The molecule has 17 heavy (non-hydrogen) atoms. The van der Waals surface area contributed by atoms with Gasteiger partial charge in [0.05, 0.1) is 6.61 Å². The first-order valence-corrected chi connectivity index (χ1v) is 7.17. The first kappa shape index (κ1) is 14.9. The monoisotopic (exact) mass is 242 g/mol. The fourth-order valence-corrected chi connectivity index (χ4v) is 2.48. The van der Waals surface area contributed by atoms with E-state index < -0.39 is 0 Å². The van der Waals surface area contributed by atoms with Crippen molar-refractivity contribution >= 4 is 0 Å². The summed E-state index contributed by atoms with van der Waals surface area (Å²) in [6.07, 6.45) is 5.50. The Bertz CT molecular complexity index is 177. The Morgan fingerprint density at radius 1 is 1.06 bits per heavy atom. The molecule has 102 valence electrons. The average Bonchev–Trinajstić information content (AvgIpc) is 2.56. The van der Waals surface area contributed by atoms with Crippen molar-refractivity contribution in [3.63, 3.8) is 0 Å². The lowest BCUT2D eigenvalue weighted by atomic mass is 10.2. The number of nitrogens with one attached hydrogen (secondary N) is 1. The van der Waals surface area contributed by atoms with Crippen LogP contribution in [0.2, 0.25) is 0 Å². The van der Waals surface area contributed by atoms with Crippen LogP contribution in [0.4, 0.5) is 0 Å². The Labute approximate surface area is 107 Å². The quantitative estimate of drug-likeness (QED) is 0.740. The van der Waals surface area contributed by atoms with E-state index in [1.165, 1.54) is 38.8 Å². The van der Waals surface area contributed by atoms with Gasteiger partial charge in [-0.15, -0.1) is 0 Å². The standard InChI is InChI=1S/C14H30N2O/c1-13(2)10-15-11-14(12-17-3)16-8-6-4-5-7-9-16/h13-15H,4-12H2,1-3H3. The number of likely N-dealkylation sites (tertiary alicyclic amines) is 1. The van der Waals surface area contributed by atoms with Crippen molar-refractivity contribution in [2.45, 2.75) is 45.6 Å². The van der Waals surface area contributed by atoms with E-state index in [0.29, 0.717) is 6.04 Å². The molecule has 0 amide bonds. The zero-order valence-corrected chi connectivity index (χ0v) is 11.9. The summed E-state index contributed by atoms with van der Waals surface area (Å²) >= 11 is 0. The van der Waals surface area contributed by atoms with Crippen LogP contribution in [-0.4, -0.2) is 50.8 Å². The molecule has 1 atom stereocenters. The lowest BCUT2D eigenvalue weighted by molar-refractivity contribution is 0.0908. The van der Waals surface area contributed by atoms with Gasteiger partial charge in [-0.2, -0.15) is 0 Å². The SMILES string of the molecule is COCC(CNCC(C)C)N1CCCCCC1. The zero-order valence-electron chi connectivity index (χ0n) is 11.9. The van der Waals surface area contributed by atoms with Gasteiger partial charge in [0.25, 0.3) is 0 Å². The maximum absolute atomic E-state index is 5.37. The van der Waals surface area contributed by atoms with Crippen LogP contribution in [0.15, 0.2) is 0 Å². The lowest BCUT2D eigenvalue weighted by Gasteiger charge is -2.30. The molecule has 0 aromatic rings. The van der Waals surface area contributed by atoms with Crippen molar-refractivity contribution in [1.29, 1.82) is 0 Å². The smallest absolute Gasteiger partial charge is 0.0630 e. The highest BCUT2D eigenvalue weighted by Crippen LogP contribution is 2.12. The van der Waals surface area contributed by atoms with Crippen LogP contribution in [0.3, 0.4) is 0 Å². The molecule has 0 spiro atoms. The van der Waals surface area contributed by atoms with Gasteiger partial charge in [0.2, 0.25) is 0 Å². The number of rotatable bonds is 7. The van der Waals surface area contributed by atoms with Gasteiger partial charge in [-0.3, -0.25) is 4.90 Å². The molecule has 1 aliphatic rings. The molecular formula is C14H30N2O. The molecule has 1 unspecified atom stereocenters. The van der Waals surface area contributed by atoms with Crippen LogP contribution in [0.25, 0.3) is 0 Å². The van der Waals surface area contributed by atoms with E-state index >= 15 is 0 Å². The fraction of sp³-hybridized carbons (Fsp3) is 1.00. The third kappa shape index (κ3) is 6.39. The van der Waals surface area contributed by atoms with E-state index in [2.05, 4.69) is 24.1 Å². The summed E-state index contributed by atoms with van der Waals surface area (Å²) in [6.45, 7) is 10.0. The minimum absolute atomic E-state index is 0.553. The molecule has 1 fully saturated rings. The van der Waals surface area contributed by atoms with Gasteiger partial charge in [-0.1, -0.05) is 26.7 Å². The van der Waals surface area contributed by atoms with Crippen LogP contribution in [0.1, 0.15) is 39.5 Å². The third-order valence-corrected chi connectivity index (χ3v) is 3.45. The molecule has 0 aliphatic carbocycles. The molecule has 0 saturated carbocycles. The van der Waals surface area contributed by atoms with Crippen molar-refractivity contribution in [1.82, 2.24) is 10.2 Å². The van der Waals surface area contributed by atoms with Crippen molar-refractivity contribution in [2.75, 3.05) is 39.9 Å².